The van der Waals surface area contributed by atoms with Crippen LogP contribution in [-0.2, 0) is 14.3 Å². The van der Waals surface area contributed by atoms with Crippen LogP contribution < -0.4 is 4.74 Å². The van der Waals surface area contributed by atoms with Gasteiger partial charge < -0.3 is 19.3 Å². The molecule has 0 aliphatic carbocycles. The number of methoxy groups -OCH3 is 1. The summed E-state index contributed by atoms with van der Waals surface area (Å²) < 4.78 is 15.8. The van der Waals surface area contributed by atoms with Crippen molar-refractivity contribution < 1.29 is 24.1 Å². The predicted molar refractivity (Wildman–Crippen MR) is 85.0 cm³/mol. The molecule has 1 aromatic rings. The molecule has 120 valence electrons. The average Bonchev–Trinajstić information content (AvgIpc) is 2.45. The first-order chi connectivity index (χ1) is 10.5. The van der Waals surface area contributed by atoms with Crippen LogP contribution in [0.15, 0.2) is 30.4 Å². The molecule has 0 fully saturated rings. The maximum atomic E-state index is 10.4. The van der Waals surface area contributed by atoms with Gasteiger partial charge in [0.1, 0.15) is 5.75 Å². The minimum absolute atomic E-state index is 0.182. The largest absolute Gasteiger partial charge is 0.478 e. The van der Waals surface area contributed by atoms with Crippen LogP contribution in [-0.4, -0.2) is 38.2 Å². The summed E-state index contributed by atoms with van der Waals surface area (Å²) in [6.45, 7) is 5.13. The molecule has 0 saturated carbocycles. The molecular formula is C17H22O5. The van der Waals surface area contributed by atoms with Crippen LogP contribution in [0.25, 0.3) is 6.08 Å². The van der Waals surface area contributed by atoms with Gasteiger partial charge in [0, 0.05) is 13.2 Å². The third kappa shape index (κ3) is 6.56. The van der Waals surface area contributed by atoms with Gasteiger partial charge in [0.25, 0.3) is 0 Å². The molecular weight excluding hydrogens is 284 g/mol. The smallest absolute Gasteiger partial charge is 0.328 e. The van der Waals surface area contributed by atoms with E-state index in [1.165, 1.54) is 6.08 Å². The number of aliphatic carboxylic acids is 1. The Hall–Kier alpha value is -2.11. The standard InChI is InChI=1S/C17H22O5/c1-13-10-15(6-4-5-7-16(18)19)11-14(2)17(13)22-12-21-9-8-20-3/h4-7,10-11H,8-9,12H2,1-3H3,(H,18,19)/b6-4+,7-5+. The number of carbonyl (C=O) groups is 1. The lowest BCUT2D eigenvalue weighted by molar-refractivity contribution is -0.131. The molecule has 1 aromatic carbocycles. The Morgan fingerprint density at radius 2 is 1.86 bits per heavy atom. The lowest BCUT2D eigenvalue weighted by Gasteiger charge is -2.13. The molecule has 0 aliphatic rings. The van der Waals surface area contributed by atoms with Gasteiger partial charge in [-0.05, 0) is 42.7 Å². The molecule has 0 bridgehead atoms. The van der Waals surface area contributed by atoms with Crippen molar-refractivity contribution in [2.24, 2.45) is 0 Å². The molecule has 0 atom stereocenters. The number of carboxylic acids is 1. The number of allylic oxidation sites excluding steroid dienone is 2. The third-order valence-corrected chi connectivity index (χ3v) is 2.84. The van der Waals surface area contributed by atoms with E-state index in [4.69, 9.17) is 19.3 Å². The molecule has 0 amide bonds. The molecule has 0 aliphatic heterocycles. The summed E-state index contributed by atoms with van der Waals surface area (Å²) in [5.74, 6) is -0.162. The van der Waals surface area contributed by atoms with E-state index in [0.717, 1.165) is 28.5 Å². The summed E-state index contributed by atoms with van der Waals surface area (Å²) in [4.78, 5) is 10.4. The third-order valence-electron chi connectivity index (χ3n) is 2.84. The van der Waals surface area contributed by atoms with E-state index in [0.29, 0.717) is 13.2 Å². The molecule has 22 heavy (non-hydrogen) atoms. The van der Waals surface area contributed by atoms with E-state index in [9.17, 15) is 4.79 Å². The molecule has 5 heteroatoms. The first-order valence-corrected chi connectivity index (χ1v) is 6.93. The highest BCUT2D eigenvalue weighted by molar-refractivity contribution is 5.80. The average molecular weight is 306 g/mol. The number of ether oxygens (including phenoxy) is 3. The zero-order valence-electron chi connectivity index (χ0n) is 13.2. The normalized spacial score (nSPS) is 11.4. The van der Waals surface area contributed by atoms with E-state index in [2.05, 4.69) is 0 Å². The molecule has 0 unspecified atom stereocenters. The molecule has 0 heterocycles. The Morgan fingerprint density at radius 1 is 1.18 bits per heavy atom. The number of hydrogen-bond acceptors (Lipinski definition) is 4. The second-order valence-electron chi connectivity index (χ2n) is 4.70. The van der Waals surface area contributed by atoms with Crippen LogP contribution in [0.5, 0.6) is 5.75 Å². The molecule has 0 aromatic heterocycles. The van der Waals surface area contributed by atoms with Gasteiger partial charge in [0.15, 0.2) is 6.79 Å². The van der Waals surface area contributed by atoms with Crippen molar-refractivity contribution in [1.82, 2.24) is 0 Å². The van der Waals surface area contributed by atoms with E-state index in [1.54, 1.807) is 13.2 Å². The van der Waals surface area contributed by atoms with Gasteiger partial charge in [-0.2, -0.15) is 0 Å². The summed E-state index contributed by atoms with van der Waals surface area (Å²) in [5, 5.41) is 8.51. The summed E-state index contributed by atoms with van der Waals surface area (Å²) in [7, 11) is 1.62. The molecule has 0 saturated heterocycles. The monoisotopic (exact) mass is 306 g/mol. The Balaban J connectivity index is 2.65. The van der Waals surface area contributed by atoms with Crippen molar-refractivity contribution in [1.29, 1.82) is 0 Å². The molecule has 5 nitrogen and oxygen atoms in total. The second-order valence-corrected chi connectivity index (χ2v) is 4.70. The van der Waals surface area contributed by atoms with Gasteiger partial charge in [-0.15, -0.1) is 0 Å². The van der Waals surface area contributed by atoms with Crippen LogP contribution in [0.2, 0.25) is 0 Å². The highest BCUT2D eigenvalue weighted by Gasteiger charge is 2.05. The zero-order chi connectivity index (χ0) is 16.4. The quantitative estimate of drug-likeness (QED) is 0.329. The van der Waals surface area contributed by atoms with Gasteiger partial charge >= 0.3 is 5.97 Å². The van der Waals surface area contributed by atoms with E-state index >= 15 is 0 Å². The number of carboxylic acid groups (broad SMARTS) is 1. The SMILES string of the molecule is COCCOCOc1c(C)cc(/C=C/C=C/C(=O)O)cc1C. The van der Waals surface area contributed by atoms with Crippen LogP contribution in [0.4, 0.5) is 0 Å². The molecule has 0 radical (unpaired) electrons. The van der Waals surface area contributed by atoms with E-state index in [-0.39, 0.29) is 6.79 Å². The lowest BCUT2D eigenvalue weighted by atomic mass is 10.1. The van der Waals surface area contributed by atoms with Gasteiger partial charge in [-0.25, -0.2) is 4.79 Å². The number of hydrogen-bond donors (Lipinski definition) is 1. The van der Waals surface area contributed by atoms with Crippen LogP contribution >= 0.6 is 0 Å². The van der Waals surface area contributed by atoms with E-state index < -0.39 is 5.97 Å². The van der Waals surface area contributed by atoms with Crippen molar-refractivity contribution in [2.75, 3.05) is 27.1 Å². The zero-order valence-corrected chi connectivity index (χ0v) is 13.2. The summed E-state index contributed by atoms with van der Waals surface area (Å²) in [5.41, 5.74) is 2.98. The van der Waals surface area contributed by atoms with Gasteiger partial charge in [-0.1, -0.05) is 18.2 Å². The minimum atomic E-state index is -0.964. The van der Waals surface area contributed by atoms with Crippen molar-refractivity contribution in [3.05, 3.63) is 47.1 Å². The first-order valence-electron chi connectivity index (χ1n) is 6.93. The minimum Gasteiger partial charge on any atom is -0.478 e. The predicted octanol–water partition coefficient (Wildman–Crippen LogP) is 2.96. The summed E-state index contributed by atoms with van der Waals surface area (Å²) in [6.07, 6.45) is 6.11. The number of benzene rings is 1. The fraction of sp³-hybridized carbons (Fsp3) is 0.353. The van der Waals surface area contributed by atoms with Gasteiger partial charge in [0.2, 0.25) is 0 Å². The number of aryl methyl sites for hydroxylation is 2. The van der Waals surface area contributed by atoms with Crippen LogP contribution in [0.1, 0.15) is 16.7 Å². The topological polar surface area (TPSA) is 65.0 Å². The maximum absolute atomic E-state index is 10.4. The highest BCUT2D eigenvalue weighted by Crippen LogP contribution is 2.25. The van der Waals surface area contributed by atoms with Crippen molar-refractivity contribution in [2.45, 2.75) is 13.8 Å². The Morgan fingerprint density at radius 3 is 2.45 bits per heavy atom. The maximum Gasteiger partial charge on any atom is 0.328 e. The van der Waals surface area contributed by atoms with Gasteiger partial charge in [0.05, 0.1) is 13.2 Å². The van der Waals surface area contributed by atoms with E-state index in [1.807, 2.05) is 32.1 Å². The van der Waals surface area contributed by atoms with Crippen molar-refractivity contribution >= 4 is 12.0 Å². The Labute approximate surface area is 130 Å². The first kappa shape index (κ1) is 17.9. The molecule has 1 N–H and O–H groups in total. The van der Waals surface area contributed by atoms with Crippen molar-refractivity contribution in [3.63, 3.8) is 0 Å². The summed E-state index contributed by atoms with van der Waals surface area (Å²) >= 11 is 0. The highest BCUT2D eigenvalue weighted by atomic mass is 16.7. The Kier molecular flexibility index (Phi) is 7.96. The summed E-state index contributed by atoms with van der Waals surface area (Å²) in [6, 6.07) is 3.95. The fourth-order valence-corrected chi connectivity index (χ4v) is 1.91. The molecule has 0 spiro atoms. The van der Waals surface area contributed by atoms with Crippen molar-refractivity contribution in [3.8, 4) is 5.75 Å². The lowest BCUT2D eigenvalue weighted by Crippen LogP contribution is -2.09. The molecule has 1 rings (SSSR count). The Bertz CT molecular complexity index is 523. The van der Waals surface area contributed by atoms with Gasteiger partial charge in [-0.3, -0.25) is 0 Å². The van der Waals surface area contributed by atoms with Crippen LogP contribution in [0.3, 0.4) is 0 Å². The van der Waals surface area contributed by atoms with Crippen LogP contribution in [0, 0.1) is 13.8 Å². The second kappa shape index (κ2) is 9.76. The number of rotatable bonds is 9. The fourth-order valence-electron chi connectivity index (χ4n) is 1.91.